The third kappa shape index (κ3) is 3.79. The van der Waals surface area contributed by atoms with E-state index in [2.05, 4.69) is 20.4 Å². The first-order valence-electron chi connectivity index (χ1n) is 9.31. The molecule has 1 atom stereocenters. The molecule has 1 aromatic carbocycles. The average molecular weight is 369 g/mol. The lowest BCUT2D eigenvalue weighted by Gasteiger charge is -2.30. The molecule has 0 unspecified atom stereocenters. The Morgan fingerprint density at radius 1 is 1.33 bits per heavy atom. The number of likely N-dealkylation sites (tertiary alicyclic amines) is 1. The van der Waals surface area contributed by atoms with Gasteiger partial charge in [0.05, 0.1) is 12.5 Å². The number of fused-ring (bicyclic) bond motifs is 1. The summed E-state index contributed by atoms with van der Waals surface area (Å²) in [6.45, 7) is 5.59. The van der Waals surface area contributed by atoms with E-state index in [0.29, 0.717) is 30.7 Å². The summed E-state index contributed by atoms with van der Waals surface area (Å²) in [4.78, 5) is 23.2. The molecule has 2 amide bonds. The molecule has 0 aliphatic carbocycles. The minimum Gasteiger partial charge on any atom is -0.439 e. The fourth-order valence-corrected chi connectivity index (χ4v) is 3.27. The number of benzene rings is 1. The molecule has 3 heterocycles. The van der Waals surface area contributed by atoms with Gasteiger partial charge in [-0.3, -0.25) is 0 Å². The zero-order chi connectivity index (χ0) is 18.8. The van der Waals surface area contributed by atoms with Gasteiger partial charge in [-0.1, -0.05) is 31.1 Å². The number of aromatic nitrogens is 3. The third-order valence-electron chi connectivity index (χ3n) is 4.76. The third-order valence-corrected chi connectivity index (χ3v) is 4.76. The number of nitrogens with one attached hydrogen (secondary N) is 1. The Labute approximate surface area is 156 Å². The Bertz CT molecular complexity index is 899. The van der Waals surface area contributed by atoms with Crippen LogP contribution in [-0.2, 0) is 6.54 Å². The molecule has 0 spiro atoms. The summed E-state index contributed by atoms with van der Waals surface area (Å²) in [5.41, 5.74) is 1.51. The second-order valence-corrected chi connectivity index (χ2v) is 7.16. The minimum absolute atomic E-state index is 0.0776. The van der Waals surface area contributed by atoms with Crippen LogP contribution in [0.3, 0.4) is 0 Å². The van der Waals surface area contributed by atoms with Gasteiger partial charge in [-0.2, -0.15) is 4.98 Å². The molecule has 1 aliphatic heterocycles. The average Bonchev–Trinajstić information content (AvgIpc) is 3.33. The van der Waals surface area contributed by atoms with Gasteiger partial charge in [0.25, 0.3) is 0 Å². The van der Waals surface area contributed by atoms with Gasteiger partial charge in [-0.15, -0.1) is 0 Å². The number of carbonyl (C=O) groups excluding carboxylic acids is 1. The van der Waals surface area contributed by atoms with Gasteiger partial charge >= 0.3 is 6.03 Å². The number of oxazole rings is 1. The van der Waals surface area contributed by atoms with E-state index < -0.39 is 0 Å². The van der Waals surface area contributed by atoms with E-state index in [-0.39, 0.29) is 24.4 Å². The first kappa shape index (κ1) is 17.5. The van der Waals surface area contributed by atoms with E-state index in [1.807, 2.05) is 38.1 Å². The molecule has 0 saturated carbocycles. The van der Waals surface area contributed by atoms with Crippen molar-refractivity contribution >= 4 is 17.1 Å². The van der Waals surface area contributed by atoms with Crippen molar-refractivity contribution in [2.24, 2.45) is 0 Å². The zero-order valence-corrected chi connectivity index (χ0v) is 15.5. The minimum atomic E-state index is -0.134. The highest BCUT2D eigenvalue weighted by Crippen LogP contribution is 2.26. The number of amides is 2. The van der Waals surface area contributed by atoms with Crippen LogP contribution in [0.4, 0.5) is 4.79 Å². The summed E-state index contributed by atoms with van der Waals surface area (Å²) < 4.78 is 11.1. The van der Waals surface area contributed by atoms with Gasteiger partial charge < -0.3 is 19.2 Å². The molecule has 0 bridgehead atoms. The number of carbonyl (C=O) groups is 1. The Morgan fingerprint density at radius 2 is 2.19 bits per heavy atom. The SMILES string of the molecule is CC(C)c1noc([C@H]2CCCN(C(=O)NCc3nc4ccccc4o3)C2)n1. The molecule has 1 saturated heterocycles. The van der Waals surface area contributed by atoms with Crippen molar-refractivity contribution in [2.75, 3.05) is 13.1 Å². The van der Waals surface area contributed by atoms with Crippen molar-refractivity contribution in [3.05, 3.63) is 41.9 Å². The second-order valence-electron chi connectivity index (χ2n) is 7.16. The number of piperidine rings is 1. The van der Waals surface area contributed by atoms with Crippen molar-refractivity contribution in [3.63, 3.8) is 0 Å². The zero-order valence-electron chi connectivity index (χ0n) is 15.5. The van der Waals surface area contributed by atoms with E-state index in [1.54, 1.807) is 4.90 Å². The van der Waals surface area contributed by atoms with Gasteiger partial charge in [0.1, 0.15) is 5.52 Å². The monoisotopic (exact) mass is 369 g/mol. The molecule has 0 radical (unpaired) electrons. The van der Waals surface area contributed by atoms with Crippen LogP contribution in [0.25, 0.3) is 11.1 Å². The summed E-state index contributed by atoms with van der Waals surface area (Å²) in [6.07, 6.45) is 1.84. The van der Waals surface area contributed by atoms with Crippen LogP contribution in [0.1, 0.15) is 56.1 Å². The maximum atomic E-state index is 12.6. The highest BCUT2D eigenvalue weighted by molar-refractivity contribution is 5.75. The molecule has 4 rings (SSSR count). The number of urea groups is 1. The lowest BCUT2D eigenvalue weighted by molar-refractivity contribution is 0.171. The van der Waals surface area contributed by atoms with Gasteiger partial charge in [0.15, 0.2) is 11.4 Å². The van der Waals surface area contributed by atoms with E-state index in [1.165, 1.54) is 0 Å². The number of nitrogens with zero attached hydrogens (tertiary/aromatic N) is 4. The van der Waals surface area contributed by atoms with E-state index in [4.69, 9.17) is 8.94 Å². The van der Waals surface area contributed by atoms with Crippen LogP contribution in [0.5, 0.6) is 0 Å². The van der Waals surface area contributed by atoms with Gasteiger partial charge in [0, 0.05) is 19.0 Å². The fraction of sp³-hybridized carbons (Fsp3) is 0.474. The smallest absolute Gasteiger partial charge is 0.317 e. The van der Waals surface area contributed by atoms with Crippen LogP contribution in [0.2, 0.25) is 0 Å². The molecule has 1 N–H and O–H groups in total. The predicted octanol–water partition coefficient (Wildman–Crippen LogP) is 3.42. The van der Waals surface area contributed by atoms with Crippen LogP contribution in [0.15, 0.2) is 33.2 Å². The summed E-state index contributed by atoms with van der Waals surface area (Å²) in [5.74, 6) is 2.13. The molecule has 27 heavy (non-hydrogen) atoms. The molecule has 3 aromatic rings. The molecule has 1 aliphatic rings. The van der Waals surface area contributed by atoms with Crippen molar-refractivity contribution in [2.45, 2.75) is 45.1 Å². The topological polar surface area (TPSA) is 97.3 Å². The highest BCUT2D eigenvalue weighted by atomic mass is 16.5. The lowest BCUT2D eigenvalue weighted by Crippen LogP contribution is -2.44. The van der Waals surface area contributed by atoms with E-state index in [0.717, 1.165) is 23.9 Å². The number of para-hydroxylation sites is 2. The highest BCUT2D eigenvalue weighted by Gasteiger charge is 2.29. The quantitative estimate of drug-likeness (QED) is 0.757. The predicted molar refractivity (Wildman–Crippen MR) is 98.2 cm³/mol. The van der Waals surface area contributed by atoms with E-state index in [9.17, 15) is 4.79 Å². The number of hydrogen-bond acceptors (Lipinski definition) is 6. The summed E-state index contributed by atoms with van der Waals surface area (Å²) >= 11 is 0. The van der Waals surface area contributed by atoms with Crippen LogP contribution >= 0.6 is 0 Å². The maximum Gasteiger partial charge on any atom is 0.317 e. The maximum absolute atomic E-state index is 12.6. The van der Waals surface area contributed by atoms with Gasteiger partial charge in [-0.25, -0.2) is 9.78 Å². The molecular weight excluding hydrogens is 346 g/mol. The van der Waals surface area contributed by atoms with Crippen molar-refractivity contribution in [1.29, 1.82) is 0 Å². The lowest BCUT2D eigenvalue weighted by atomic mass is 9.98. The van der Waals surface area contributed by atoms with Gasteiger partial charge in [-0.05, 0) is 25.0 Å². The molecule has 1 fully saturated rings. The standard InChI is InChI=1S/C19H23N5O3/c1-12(2)17-22-18(27-23-17)13-6-5-9-24(11-13)19(25)20-10-16-21-14-7-3-4-8-15(14)26-16/h3-4,7-8,12-13H,5-6,9-11H2,1-2H3,(H,20,25)/t13-/m0/s1. The Kier molecular flexibility index (Phi) is 4.79. The van der Waals surface area contributed by atoms with Gasteiger partial charge in [0.2, 0.25) is 11.8 Å². The summed E-state index contributed by atoms with van der Waals surface area (Å²) in [6, 6.07) is 7.41. The Morgan fingerprint density at radius 3 is 2.96 bits per heavy atom. The first-order valence-corrected chi connectivity index (χ1v) is 9.31. The molecule has 8 nitrogen and oxygen atoms in total. The van der Waals surface area contributed by atoms with Crippen molar-refractivity contribution in [1.82, 2.24) is 25.3 Å². The van der Waals surface area contributed by atoms with Crippen LogP contribution < -0.4 is 5.32 Å². The van der Waals surface area contributed by atoms with Crippen molar-refractivity contribution in [3.8, 4) is 0 Å². The molecular formula is C19H23N5O3. The fourth-order valence-electron chi connectivity index (χ4n) is 3.27. The number of hydrogen-bond donors (Lipinski definition) is 1. The number of rotatable bonds is 4. The largest absolute Gasteiger partial charge is 0.439 e. The molecule has 2 aromatic heterocycles. The Hall–Kier alpha value is -2.90. The van der Waals surface area contributed by atoms with Crippen molar-refractivity contribution < 1.29 is 13.7 Å². The summed E-state index contributed by atoms with van der Waals surface area (Å²) in [7, 11) is 0. The Balaban J connectivity index is 1.36. The molecule has 142 valence electrons. The molecule has 8 heteroatoms. The van der Waals surface area contributed by atoms with Crippen LogP contribution in [-0.4, -0.2) is 39.1 Å². The summed E-state index contributed by atoms with van der Waals surface area (Å²) in [5, 5.41) is 6.92. The van der Waals surface area contributed by atoms with E-state index >= 15 is 0 Å². The normalized spacial score (nSPS) is 17.6. The van der Waals surface area contributed by atoms with Crippen LogP contribution in [0, 0.1) is 0 Å². The second kappa shape index (κ2) is 7.38. The first-order chi connectivity index (χ1) is 13.1.